The summed E-state index contributed by atoms with van der Waals surface area (Å²) in [4.78, 5) is 26.9. The molecule has 88 valence electrons. The molecule has 6 heteroatoms. The summed E-state index contributed by atoms with van der Waals surface area (Å²) in [6, 6.07) is 1.32. The van der Waals surface area contributed by atoms with Gasteiger partial charge in [0.1, 0.15) is 6.10 Å². The number of ether oxygens (including phenoxy) is 1. The van der Waals surface area contributed by atoms with Crippen LogP contribution in [0.2, 0.25) is 0 Å². The molecule has 1 saturated heterocycles. The highest BCUT2D eigenvalue weighted by atomic mass is 16.5. The fourth-order valence-corrected chi connectivity index (χ4v) is 2.07. The Morgan fingerprint density at radius 2 is 2.25 bits per heavy atom. The Kier molecular flexibility index (Phi) is 2.93. The SMILES string of the molecule is C[C@H]1C[C@@H](CO)O[C@H]1c1cc(=O)[nH]c(=O)[nH]1. The van der Waals surface area contributed by atoms with Crippen molar-refractivity contribution in [1.29, 1.82) is 0 Å². The third kappa shape index (κ3) is 2.07. The van der Waals surface area contributed by atoms with Crippen molar-refractivity contribution in [2.75, 3.05) is 6.61 Å². The molecule has 1 aliphatic rings. The average Bonchev–Trinajstić information content (AvgIpc) is 2.58. The molecule has 16 heavy (non-hydrogen) atoms. The van der Waals surface area contributed by atoms with Crippen LogP contribution < -0.4 is 11.2 Å². The minimum atomic E-state index is -0.536. The number of aliphatic hydroxyl groups excluding tert-OH is 1. The molecule has 0 amide bonds. The molecular formula is C10H14N2O4. The van der Waals surface area contributed by atoms with Gasteiger partial charge >= 0.3 is 5.69 Å². The highest BCUT2D eigenvalue weighted by Gasteiger charge is 2.33. The number of nitrogens with one attached hydrogen (secondary N) is 2. The summed E-state index contributed by atoms with van der Waals surface area (Å²) in [5.74, 6) is 0.162. The second-order valence-electron chi connectivity index (χ2n) is 4.12. The van der Waals surface area contributed by atoms with E-state index in [4.69, 9.17) is 9.84 Å². The number of hydrogen-bond acceptors (Lipinski definition) is 4. The molecule has 0 aromatic carbocycles. The van der Waals surface area contributed by atoms with Crippen molar-refractivity contribution in [3.63, 3.8) is 0 Å². The first-order chi connectivity index (χ1) is 7.60. The van der Waals surface area contributed by atoms with Crippen LogP contribution in [-0.4, -0.2) is 27.8 Å². The maximum absolute atomic E-state index is 11.1. The highest BCUT2D eigenvalue weighted by Crippen LogP contribution is 2.35. The molecule has 2 heterocycles. The summed E-state index contributed by atoms with van der Waals surface area (Å²) < 4.78 is 5.55. The van der Waals surface area contributed by atoms with E-state index in [1.54, 1.807) is 0 Å². The molecule has 1 aromatic rings. The second-order valence-corrected chi connectivity index (χ2v) is 4.12. The zero-order valence-corrected chi connectivity index (χ0v) is 8.90. The van der Waals surface area contributed by atoms with Crippen molar-refractivity contribution >= 4 is 0 Å². The normalized spacial score (nSPS) is 29.5. The fraction of sp³-hybridized carbons (Fsp3) is 0.600. The molecule has 0 spiro atoms. The van der Waals surface area contributed by atoms with Crippen LogP contribution in [0.15, 0.2) is 15.7 Å². The van der Waals surface area contributed by atoms with E-state index < -0.39 is 11.2 Å². The van der Waals surface area contributed by atoms with E-state index in [9.17, 15) is 9.59 Å². The van der Waals surface area contributed by atoms with Crippen LogP contribution in [0.5, 0.6) is 0 Å². The molecule has 0 aliphatic carbocycles. The lowest BCUT2D eigenvalue weighted by atomic mass is 9.99. The summed E-state index contributed by atoms with van der Waals surface area (Å²) in [5.41, 5.74) is -0.509. The van der Waals surface area contributed by atoms with Crippen molar-refractivity contribution < 1.29 is 9.84 Å². The summed E-state index contributed by atoms with van der Waals surface area (Å²) in [6.07, 6.45) is 0.172. The summed E-state index contributed by atoms with van der Waals surface area (Å²) in [6.45, 7) is 1.91. The number of rotatable bonds is 2. The van der Waals surface area contributed by atoms with Gasteiger partial charge in [-0.2, -0.15) is 0 Å². The zero-order valence-electron chi connectivity index (χ0n) is 8.90. The van der Waals surface area contributed by atoms with E-state index in [0.29, 0.717) is 5.69 Å². The fourth-order valence-electron chi connectivity index (χ4n) is 2.07. The Hall–Kier alpha value is -1.40. The lowest BCUT2D eigenvalue weighted by molar-refractivity contribution is 0.00309. The molecule has 0 saturated carbocycles. The largest absolute Gasteiger partial charge is 0.394 e. The average molecular weight is 226 g/mol. The molecule has 1 aliphatic heterocycles. The molecule has 0 bridgehead atoms. The van der Waals surface area contributed by atoms with Crippen molar-refractivity contribution in [2.45, 2.75) is 25.6 Å². The van der Waals surface area contributed by atoms with Crippen molar-refractivity contribution in [3.05, 3.63) is 32.6 Å². The number of aromatic amines is 2. The standard InChI is InChI=1S/C10H14N2O4/c1-5-2-6(4-13)16-9(5)7-3-8(14)12-10(15)11-7/h3,5-6,9,13H,2,4H2,1H3,(H2,11,12,14,15)/t5-,6-,9+/m0/s1. The predicted octanol–water partition coefficient (Wildman–Crippen LogP) is -0.478. The Labute approximate surface area is 91.3 Å². The van der Waals surface area contributed by atoms with Gasteiger partial charge in [-0.25, -0.2) is 4.79 Å². The van der Waals surface area contributed by atoms with Gasteiger partial charge in [-0.05, 0) is 12.3 Å². The topological polar surface area (TPSA) is 95.2 Å². The third-order valence-electron chi connectivity index (χ3n) is 2.78. The molecule has 1 aromatic heterocycles. The van der Waals surface area contributed by atoms with Gasteiger partial charge in [0.15, 0.2) is 0 Å². The number of hydrogen-bond donors (Lipinski definition) is 3. The maximum Gasteiger partial charge on any atom is 0.325 e. The lowest BCUT2D eigenvalue weighted by Crippen LogP contribution is -2.25. The first kappa shape index (κ1) is 11.1. The minimum Gasteiger partial charge on any atom is -0.394 e. The molecule has 1 fully saturated rings. The Bertz CT molecular complexity index is 450. The van der Waals surface area contributed by atoms with Gasteiger partial charge in [-0.3, -0.25) is 9.78 Å². The molecule has 3 atom stereocenters. The van der Waals surface area contributed by atoms with Crippen LogP contribution in [0.3, 0.4) is 0 Å². The first-order valence-electron chi connectivity index (χ1n) is 5.20. The number of aliphatic hydroxyl groups is 1. The third-order valence-corrected chi connectivity index (χ3v) is 2.78. The Morgan fingerprint density at radius 1 is 1.50 bits per heavy atom. The lowest BCUT2D eigenvalue weighted by Gasteiger charge is -2.14. The van der Waals surface area contributed by atoms with Crippen LogP contribution in [0, 0.1) is 5.92 Å². The van der Waals surface area contributed by atoms with E-state index in [-0.39, 0.29) is 24.7 Å². The number of aromatic nitrogens is 2. The van der Waals surface area contributed by atoms with Crippen LogP contribution in [-0.2, 0) is 4.74 Å². The minimum absolute atomic E-state index is 0.0474. The predicted molar refractivity (Wildman–Crippen MR) is 56.2 cm³/mol. The van der Waals surface area contributed by atoms with Crippen LogP contribution in [0.25, 0.3) is 0 Å². The Balaban J connectivity index is 2.31. The molecular weight excluding hydrogens is 212 g/mol. The Morgan fingerprint density at radius 3 is 2.81 bits per heavy atom. The van der Waals surface area contributed by atoms with Gasteiger partial charge < -0.3 is 14.8 Å². The second kappa shape index (κ2) is 4.23. The van der Waals surface area contributed by atoms with Gasteiger partial charge in [-0.15, -0.1) is 0 Å². The van der Waals surface area contributed by atoms with E-state index >= 15 is 0 Å². The molecule has 0 unspecified atom stereocenters. The maximum atomic E-state index is 11.1. The zero-order chi connectivity index (χ0) is 11.7. The molecule has 2 rings (SSSR count). The number of H-pyrrole nitrogens is 2. The summed E-state index contributed by atoms with van der Waals surface area (Å²) >= 11 is 0. The van der Waals surface area contributed by atoms with E-state index in [2.05, 4.69) is 9.97 Å². The van der Waals surface area contributed by atoms with E-state index in [0.717, 1.165) is 6.42 Å². The van der Waals surface area contributed by atoms with Gasteiger partial charge in [0.25, 0.3) is 5.56 Å². The molecule has 0 radical (unpaired) electrons. The van der Waals surface area contributed by atoms with Crippen molar-refractivity contribution in [2.24, 2.45) is 5.92 Å². The van der Waals surface area contributed by atoms with Gasteiger partial charge in [0.05, 0.1) is 18.4 Å². The monoisotopic (exact) mass is 226 g/mol. The van der Waals surface area contributed by atoms with Crippen molar-refractivity contribution in [3.8, 4) is 0 Å². The molecule has 6 nitrogen and oxygen atoms in total. The van der Waals surface area contributed by atoms with Gasteiger partial charge in [0, 0.05) is 6.07 Å². The highest BCUT2D eigenvalue weighted by molar-refractivity contribution is 5.06. The van der Waals surface area contributed by atoms with Gasteiger partial charge in [-0.1, -0.05) is 6.92 Å². The molecule has 3 N–H and O–H groups in total. The first-order valence-corrected chi connectivity index (χ1v) is 5.20. The quantitative estimate of drug-likeness (QED) is 0.634. The van der Waals surface area contributed by atoms with Crippen molar-refractivity contribution in [1.82, 2.24) is 9.97 Å². The van der Waals surface area contributed by atoms with E-state index in [1.165, 1.54) is 6.07 Å². The smallest absolute Gasteiger partial charge is 0.325 e. The van der Waals surface area contributed by atoms with Gasteiger partial charge in [0.2, 0.25) is 0 Å². The van der Waals surface area contributed by atoms with Crippen LogP contribution in [0.4, 0.5) is 0 Å². The van der Waals surface area contributed by atoms with Crippen LogP contribution >= 0.6 is 0 Å². The summed E-state index contributed by atoms with van der Waals surface area (Å²) in [5, 5.41) is 8.99. The summed E-state index contributed by atoms with van der Waals surface area (Å²) in [7, 11) is 0. The van der Waals surface area contributed by atoms with Crippen LogP contribution in [0.1, 0.15) is 25.1 Å². The van der Waals surface area contributed by atoms with E-state index in [1.807, 2.05) is 6.92 Å².